The lowest BCUT2D eigenvalue weighted by atomic mass is 9.97. The summed E-state index contributed by atoms with van der Waals surface area (Å²) in [7, 11) is 0. The van der Waals surface area contributed by atoms with Crippen LogP contribution in [0.3, 0.4) is 0 Å². The van der Waals surface area contributed by atoms with Gasteiger partial charge in [-0.15, -0.1) is 0 Å². The maximum Gasteiger partial charge on any atom is 0.307 e. The molecule has 22 heavy (non-hydrogen) atoms. The van der Waals surface area contributed by atoms with Gasteiger partial charge in [0.15, 0.2) is 0 Å². The highest BCUT2D eigenvalue weighted by atomic mass is 16.6. The molecule has 0 aromatic rings. The van der Waals surface area contributed by atoms with E-state index in [9.17, 15) is 14.7 Å². The number of hydrogen-bond donors (Lipinski definition) is 1. The molecule has 1 atom stereocenters. The number of quaternary nitrogens is 1. The van der Waals surface area contributed by atoms with E-state index in [4.69, 9.17) is 10.3 Å². The van der Waals surface area contributed by atoms with Gasteiger partial charge in [0.2, 0.25) is 0 Å². The molecule has 0 spiro atoms. The first-order chi connectivity index (χ1) is 10.2. The summed E-state index contributed by atoms with van der Waals surface area (Å²) >= 11 is 0. The maximum atomic E-state index is 11.2. The van der Waals surface area contributed by atoms with Gasteiger partial charge >= 0.3 is 5.97 Å². The topological polar surface area (TPSA) is 143 Å². The van der Waals surface area contributed by atoms with Gasteiger partial charge in [-0.1, -0.05) is 11.5 Å². The van der Waals surface area contributed by atoms with E-state index >= 15 is 0 Å². The number of ether oxygens (including phenoxy) is 1. The van der Waals surface area contributed by atoms with Crippen molar-refractivity contribution in [3.8, 4) is 0 Å². The molecule has 0 aromatic carbocycles. The fraction of sp³-hybridized carbons (Fsp3) is 0.857. The number of esters is 1. The van der Waals surface area contributed by atoms with Crippen molar-refractivity contribution < 1.29 is 25.2 Å². The van der Waals surface area contributed by atoms with Gasteiger partial charge < -0.3 is 20.4 Å². The Balaban J connectivity index is 0.000000518. The van der Waals surface area contributed by atoms with Crippen LogP contribution >= 0.6 is 0 Å². The van der Waals surface area contributed by atoms with Gasteiger partial charge in [0.25, 0.3) is 0 Å². The molecule has 0 radical (unpaired) electrons. The van der Waals surface area contributed by atoms with Gasteiger partial charge in [0.05, 0.1) is 24.5 Å². The molecule has 126 valence electrons. The molecule has 0 unspecified atom stereocenters. The first kappa shape index (κ1) is 20.2. The van der Waals surface area contributed by atoms with E-state index < -0.39 is 30.0 Å². The van der Waals surface area contributed by atoms with Crippen molar-refractivity contribution in [3.63, 3.8) is 0 Å². The molecule has 0 heterocycles. The van der Waals surface area contributed by atoms with Crippen LogP contribution in [0, 0.1) is 0 Å². The van der Waals surface area contributed by atoms with E-state index in [0.717, 1.165) is 6.04 Å². The highest BCUT2D eigenvalue weighted by Crippen LogP contribution is 2.13. The minimum Gasteiger partial charge on any atom is -0.550 e. The van der Waals surface area contributed by atoms with Crippen molar-refractivity contribution in [3.05, 3.63) is 10.4 Å². The van der Waals surface area contributed by atoms with Crippen LogP contribution in [0.15, 0.2) is 5.11 Å². The van der Waals surface area contributed by atoms with Crippen LogP contribution in [0.5, 0.6) is 0 Å². The van der Waals surface area contributed by atoms with Crippen LogP contribution in [0.1, 0.15) is 59.3 Å². The van der Waals surface area contributed by atoms with Crippen LogP contribution < -0.4 is 10.8 Å². The Labute approximate surface area is 130 Å². The van der Waals surface area contributed by atoms with Crippen LogP contribution in [0.2, 0.25) is 0 Å². The van der Waals surface area contributed by atoms with E-state index in [-0.39, 0.29) is 0 Å². The number of nitrogens with zero attached hydrogens (tertiary/aromatic N) is 3. The number of azide groups is 1. The molecule has 8 heteroatoms. The van der Waals surface area contributed by atoms with Crippen LogP contribution in [-0.2, 0) is 14.3 Å². The lowest BCUT2D eigenvalue weighted by molar-refractivity contribution is -0.425. The van der Waals surface area contributed by atoms with Crippen LogP contribution in [0.25, 0.3) is 10.4 Å². The van der Waals surface area contributed by atoms with Crippen LogP contribution in [0.4, 0.5) is 0 Å². The quantitative estimate of drug-likeness (QED) is 0.352. The van der Waals surface area contributed by atoms with Gasteiger partial charge in [-0.2, -0.15) is 0 Å². The molecular formula is C14H26N4O4. The zero-order valence-electron chi connectivity index (χ0n) is 13.6. The molecule has 1 fully saturated rings. The van der Waals surface area contributed by atoms with Gasteiger partial charge in [0, 0.05) is 4.91 Å². The fourth-order valence-electron chi connectivity index (χ4n) is 1.96. The molecule has 0 amide bonds. The fourth-order valence-corrected chi connectivity index (χ4v) is 1.96. The lowest BCUT2D eigenvalue weighted by Crippen LogP contribution is -2.61. The monoisotopic (exact) mass is 314 g/mol. The van der Waals surface area contributed by atoms with Gasteiger partial charge in [-0.3, -0.25) is 4.79 Å². The maximum absolute atomic E-state index is 11.2. The molecule has 0 saturated heterocycles. The van der Waals surface area contributed by atoms with Crippen molar-refractivity contribution in [1.82, 2.24) is 0 Å². The Bertz CT molecular complexity index is 406. The van der Waals surface area contributed by atoms with E-state index in [2.05, 4.69) is 15.8 Å². The molecule has 1 saturated carbocycles. The largest absolute Gasteiger partial charge is 0.550 e. The zero-order valence-corrected chi connectivity index (χ0v) is 13.6. The second kappa shape index (κ2) is 10.0. The molecule has 1 aliphatic rings. The Kier molecular flexibility index (Phi) is 9.21. The number of hydrogen-bond acceptors (Lipinski definition) is 5. The second-order valence-electron chi connectivity index (χ2n) is 6.33. The average molecular weight is 314 g/mol. The molecule has 8 nitrogen and oxygen atoms in total. The molecule has 1 rings (SSSR count). The SMILES string of the molecule is CC(C)(C)OC(=O)C[C@H](N=[N+]=[N-])C(=O)[O-].[NH3+]C1CCCCC1. The Morgan fingerprint density at radius 1 is 1.36 bits per heavy atom. The first-order valence-corrected chi connectivity index (χ1v) is 7.45. The highest BCUT2D eigenvalue weighted by molar-refractivity contribution is 5.80. The normalized spacial score (nSPS) is 16.5. The molecule has 0 aromatic heterocycles. The van der Waals surface area contributed by atoms with Crippen molar-refractivity contribution in [2.24, 2.45) is 5.11 Å². The summed E-state index contributed by atoms with van der Waals surface area (Å²) in [6.07, 6.45) is 6.53. The predicted molar refractivity (Wildman–Crippen MR) is 78.2 cm³/mol. The third-order valence-electron chi connectivity index (χ3n) is 2.97. The summed E-state index contributed by atoms with van der Waals surface area (Å²) in [5.74, 6) is -2.34. The summed E-state index contributed by atoms with van der Waals surface area (Å²) in [4.78, 5) is 23.9. The number of carbonyl (C=O) groups excluding carboxylic acids is 2. The summed E-state index contributed by atoms with van der Waals surface area (Å²) < 4.78 is 4.85. The summed E-state index contributed by atoms with van der Waals surface area (Å²) in [6.45, 7) is 4.94. The van der Waals surface area contributed by atoms with Gasteiger partial charge in [0.1, 0.15) is 5.60 Å². The third kappa shape index (κ3) is 10.9. The number of carboxylic acid groups (broad SMARTS) is 1. The summed E-state index contributed by atoms with van der Waals surface area (Å²) in [5.41, 5.74) is 11.3. The number of carboxylic acids is 1. The number of aliphatic carboxylic acids is 1. The molecule has 0 bridgehead atoms. The Hall–Kier alpha value is -1.79. The number of carbonyl (C=O) groups is 2. The Morgan fingerprint density at radius 3 is 2.23 bits per heavy atom. The minimum atomic E-state index is -1.60. The molecule has 1 aliphatic carbocycles. The lowest BCUT2D eigenvalue weighted by Gasteiger charge is -2.20. The molecular weight excluding hydrogens is 288 g/mol. The second-order valence-corrected chi connectivity index (χ2v) is 6.33. The van der Waals surface area contributed by atoms with E-state index in [0.29, 0.717) is 0 Å². The van der Waals surface area contributed by atoms with Crippen molar-refractivity contribution in [2.75, 3.05) is 0 Å². The van der Waals surface area contributed by atoms with Crippen molar-refractivity contribution in [1.29, 1.82) is 0 Å². The third-order valence-corrected chi connectivity index (χ3v) is 2.97. The predicted octanol–water partition coefficient (Wildman–Crippen LogP) is 0.708. The smallest absolute Gasteiger partial charge is 0.307 e. The van der Waals surface area contributed by atoms with Crippen molar-refractivity contribution >= 4 is 11.9 Å². The van der Waals surface area contributed by atoms with E-state index in [1.54, 1.807) is 20.8 Å². The summed E-state index contributed by atoms with van der Waals surface area (Å²) in [6, 6.07) is -0.737. The summed E-state index contributed by atoms with van der Waals surface area (Å²) in [5, 5.41) is 13.3. The van der Waals surface area contributed by atoms with Crippen LogP contribution in [-0.4, -0.2) is 29.6 Å². The molecule has 3 N–H and O–H groups in total. The Morgan fingerprint density at radius 2 is 1.91 bits per heavy atom. The standard InChI is InChI=1S/C8H13N3O4.C6H13N/c1-8(2,3)15-6(12)4-5(7(13)14)10-11-9;7-6-4-2-1-3-5-6/h5H,4H2,1-3H3,(H,13,14);6H,1-5,7H2/t5-;/m0./s1. The van der Waals surface area contributed by atoms with Gasteiger partial charge in [-0.05, 0) is 52.0 Å². The highest BCUT2D eigenvalue weighted by Gasteiger charge is 2.20. The van der Waals surface area contributed by atoms with Gasteiger partial charge in [-0.25, -0.2) is 0 Å². The zero-order chi connectivity index (χ0) is 17.2. The first-order valence-electron chi connectivity index (χ1n) is 7.45. The average Bonchev–Trinajstić information content (AvgIpc) is 2.37. The van der Waals surface area contributed by atoms with Crippen molar-refractivity contribution in [2.45, 2.75) is 77.0 Å². The minimum absolute atomic E-state index is 0.524. The van der Waals surface area contributed by atoms with E-state index in [1.807, 2.05) is 0 Å². The van der Waals surface area contributed by atoms with E-state index in [1.165, 1.54) is 32.1 Å². The molecule has 0 aliphatic heterocycles. The number of rotatable bonds is 4.